The molecule has 1 aromatic carbocycles. The van der Waals surface area contributed by atoms with E-state index in [1.165, 1.54) is 6.07 Å². The van der Waals surface area contributed by atoms with Gasteiger partial charge >= 0.3 is 0 Å². The number of nitrogens with one attached hydrogen (secondary N) is 1. The molecule has 0 spiro atoms. The lowest BCUT2D eigenvalue weighted by atomic mass is 10.1. The summed E-state index contributed by atoms with van der Waals surface area (Å²) in [7, 11) is 0. The van der Waals surface area contributed by atoms with Crippen LogP contribution in [0.1, 0.15) is 51.1 Å². The van der Waals surface area contributed by atoms with Crippen molar-refractivity contribution in [1.82, 2.24) is 5.32 Å². The second-order valence-corrected chi connectivity index (χ2v) is 5.72. The van der Waals surface area contributed by atoms with Crippen LogP contribution in [-0.2, 0) is 4.79 Å². The lowest BCUT2D eigenvalue weighted by molar-refractivity contribution is -0.127. The van der Waals surface area contributed by atoms with Crippen molar-refractivity contribution in [3.63, 3.8) is 0 Å². The molecule has 0 saturated heterocycles. The smallest absolute Gasteiger partial charge is 0.260 e. The van der Waals surface area contributed by atoms with Crippen molar-refractivity contribution in [2.24, 2.45) is 5.73 Å². The van der Waals surface area contributed by atoms with Gasteiger partial charge in [0.2, 0.25) is 0 Å². The van der Waals surface area contributed by atoms with Crippen molar-refractivity contribution in [2.45, 2.75) is 57.7 Å². The summed E-state index contributed by atoms with van der Waals surface area (Å²) in [6.45, 7) is 3.39. The highest BCUT2D eigenvalue weighted by Crippen LogP contribution is 2.22. The summed E-state index contributed by atoms with van der Waals surface area (Å²) in [5.41, 5.74) is 6.10. The predicted octanol–water partition coefficient (Wildman–Crippen LogP) is 2.67. The lowest BCUT2D eigenvalue weighted by Gasteiger charge is -2.18. The number of carbonyl (C=O) groups excluding carboxylic acids is 1. The molecular formula is C16H23FN2O2. The Morgan fingerprint density at radius 1 is 1.38 bits per heavy atom. The zero-order chi connectivity index (χ0) is 15.4. The van der Waals surface area contributed by atoms with Gasteiger partial charge in [-0.1, -0.05) is 18.9 Å². The summed E-state index contributed by atoms with van der Waals surface area (Å²) in [4.78, 5) is 12.0. The van der Waals surface area contributed by atoms with Crippen molar-refractivity contribution in [1.29, 1.82) is 0 Å². The molecule has 1 aliphatic carbocycles. The van der Waals surface area contributed by atoms with Gasteiger partial charge in [-0.2, -0.15) is 0 Å². The molecule has 1 saturated carbocycles. The van der Waals surface area contributed by atoms with E-state index in [0.717, 1.165) is 25.7 Å². The highest BCUT2D eigenvalue weighted by Gasteiger charge is 2.22. The first-order valence-corrected chi connectivity index (χ1v) is 7.49. The van der Waals surface area contributed by atoms with Crippen molar-refractivity contribution in [3.05, 3.63) is 29.6 Å². The van der Waals surface area contributed by atoms with Crippen LogP contribution in [0.5, 0.6) is 5.75 Å². The van der Waals surface area contributed by atoms with E-state index in [1.54, 1.807) is 26.0 Å². The van der Waals surface area contributed by atoms with Gasteiger partial charge in [-0.3, -0.25) is 4.79 Å². The van der Waals surface area contributed by atoms with Gasteiger partial charge < -0.3 is 15.8 Å². The third kappa shape index (κ3) is 4.17. The van der Waals surface area contributed by atoms with Crippen LogP contribution in [0.3, 0.4) is 0 Å². The van der Waals surface area contributed by atoms with Crippen LogP contribution in [0.25, 0.3) is 0 Å². The molecule has 21 heavy (non-hydrogen) atoms. The number of nitrogens with two attached hydrogens (primary N) is 1. The summed E-state index contributed by atoms with van der Waals surface area (Å²) in [6.07, 6.45) is 3.71. The molecule has 3 N–H and O–H groups in total. The minimum atomic E-state index is -0.647. The van der Waals surface area contributed by atoms with Crippen molar-refractivity contribution < 1.29 is 13.9 Å². The molecule has 2 rings (SSSR count). The fourth-order valence-electron chi connectivity index (χ4n) is 2.60. The quantitative estimate of drug-likeness (QED) is 0.877. The average Bonchev–Trinajstić information content (AvgIpc) is 2.91. The number of hydrogen-bond acceptors (Lipinski definition) is 3. The van der Waals surface area contributed by atoms with E-state index >= 15 is 0 Å². The molecule has 1 aliphatic rings. The highest BCUT2D eigenvalue weighted by atomic mass is 19.1. The first-order valence-electron chi connectivity index (χ1n) is 7.49. The molecule has 0 aromatic heterocycles. The average molecular weight is 294 g/mol. The second-order valence-electron chi connectivity index (χ2n) is 5.72. The largest absolute Gasteiger partial charge is 0.481 e. The normalized spacial score (nSPS) is 18.3. The lowest BCUT2D eigenvalue weighted by Crippen LogP contribution is -2.41. The molecular weight excluding hydrogens is 271 g/mol. The number of amides is 1. The van der Waals surface area contributed by atoms with Gasteiger partial charge in [0.05, 0.1) is 0 Å². The minimum Gasteiger partial charge on any atom is -0.481 e. The van der Waals surface area contributed by atoms with Gasteiger partial charge in [0.15, 0.2) is 6.10 Å². The van der Waals surface area contributed by atoms with Gasteiger partial charge in [-0.15, -0.1) is 0 Å². The van der Waals surface area contributed by atoms with Gasteiger partial charge in [-0.25, -0.2) is 4.39 Å². The maximum absolute atomic E-state index is 13.8. The summed E-state index contributed by atoms with van der Waals surface area (Å²) in [5, 5.41) is 2.97. The molecule has 5 heteroatoms. The van der Waals surface area contributed by atoms with Crippen molar-refractivity contribution in [3.8, 4) is 5.75 Å². The van der Waals surface area contributed by atoms with E-state index in [2.05, 4.69) is 5.32 Å². The third-order valence-corrected chi connectivity index (χ3v) is 3.85. The first kappa shape index (κ1) is 15.8. The van der Waals surface area contributed by atoms with Crippen LogP contribution in [0.15, 0.2) is 18.2 Å². The topological polar surface area (TPSA) is 64.3 Å². The maximum Gasteiger partial charge on any atom is 0.260 e. The molecule has 1 amide bonds. The molecule has 1 fully saturated rings. The molecule has 0 heterocycles. The standard InChI is InChI=1S/C16H23FN2O2/c1-10(18)14-8-7-13(9-15(14)17)21-11(2)16(20)19-12-5-3-4-6-12/h7-12H,3-6,18H2,1-2H3,(H,19,20)/t10-,11?/m0/s1. The molecule has 116 valence electrons. The van der Waals surface area contributed by atoms with Gasteiger partial charge in [-0.05, 0) is 32.8 Å². The molecule has 4 nitrogen and oxygen atoms in total. The second kappa shape index (κ2) is 6.89. The van der Waals surface area contributed by atoms with Gasteiger partial charge in [0.1, 0.15) is 11.6 Å². The van der Waals surface area contributed by atoms with E-state index in [0.29, 0.717) is 11.3 Å². The predicted molar refractivity (Wildman–Crippen MR) is 79.5 cm³/mol. The number of benzene rings is 1. The summed E-state index contributed by atoms with van der Waals surface area (Å²) in [6, 6.07) is 4.39. The zero-order valence-corrected chi connectivity index (χ0v) is 12.6. The molecule has 0 aliphatic heterocycles. The molecule has 0 radical (unpaired) electrons. The number of carbonyl (C=O) groups is 1. The van der Waals surface area contributed by atoms with E-state index in [1.807, 2.05) is 0 Å². The number of halogens is 1. The fourth-order valence-corrected chi connectivity index (χ4v) is 2.60. The van der Waals surface area contributed by atoms with Crippen molar-refractivity contribution in [2.75, 3.05) is 0 Å². The molecule has 1 unspecified atom stereocenters. The van der Waals surface area contributed by atoms with E-state index in [9.17, 15) is 9.18 Å². The Kier molecular flexibility index (Phi) is 5.17. The summed E-state index contributed by atoms with van der Waals surface area (Å²) < 4.78 is 19.3. The van der Waals surface area contributed by atoms with Crippen LogP contribution < -0.4 is 15.8 Å². The van der Waals surface area contributed by atoms with Crippen LogP contribution >= 0.6 is 0 Å². The zero-order valence-electron chi connectivity index (χ0n) is 12.6. The Hall–Kier alpha value is -1.62. The van der Waals surface area contributed by atoms with Crippen molar-refractivity contribution >= 4 is 5.91 Å². The number of ether oxygens (including phenoxy) is 1. The van der Waals surface area contributed by atoms with Crippen LogP contribution in [0, 0.1) is 5.82 Å². The first-order chi connectivity index (χ1) is 9.97. The Labute approximate surface area is 124 Å². The Morgan fingerprint density at radius 3 is 2.62 bits per heavy atom. The van der Waals surface area contributed by atoms with E-state index < -0.39 is 11.9 Å². The van der Waals surface area contributed by atoms with Crippen LogP contribution in [0.2, 0.25) is 0 Å². The van der Waals surface area contributed by atoms with Crippen LogP contribution in [-0.4, -0.2) is 18.1 Å². The van der Waals surface area contributed by atoms with E-state index in [4.69, 9.17) is 10.5 Å². The molecule has 1 aromatic rings. The van der Waals surface area contributed by atoms with Gasteiger partial charge in [0, 0.05) is 23.7 Å². The third-order valence-electron chi connectivity index (χ3n) is 3.85. The molecule has 2 atom stereocenters. The maximum atomic E-state index is 13.8. The van der Waals surface area contributed by atoms with Gasteiger partial charge in [0.25, 0.3) is 5.91 Å². The Bertz CT molecular complexity index is 499. The monoisotopic (exact) mass is 294 g/mol. The number of rotatable bonds is 5. The van der Waals surface area contributed by atoms with E-state index in [-0.39, 0.29) is 18.0 Å². The Balaban J connectivity index is 1.93. The summed E-state index contributed by atoms with van der Waals surface area (Å²) >= 11 is 0. The minimum absolute atomic E-state index is 0.154. The SMILES string of the molecule is CC(Oc1ccc([C@H](C)N)c(F)c1)C(=O)NC1CCCC1. The highest BCUT2D eigenvalue weighted by molar-refractivity contribution is 5.81. The summed E-state index contributed by atoms with van der Waals surface area (Å²) in [5.74, 6) is -0.226. The Morgan fingerprint density at radius 2 is 2.05 bits per heavy atom. The fraction of sp³-hybridized carbons (Fsp3) is 0.562. The number of hydrogen-bond donors (Lipinski definition) is 2. The molecule has 0 bridgehead atoms. The van der Waals surface area contributed by atoms with Crippen LogP contribution in [0.4, 0.5) is 4.39 Å².